The normalized spacial score (nSPS) is 13.7. The van der Waals surface area contributed by atoms with Gasteiger partial charge in [0.2, 0.25) is 0 Å². The third-order valence-corrected chi connectivity index (χ3v) is 9.16. The summed E-state index contributed by atoms with van der Waals surface area (Å²) in [5.41, 5.74) is 2.15. The molecule has 0 bridgehead atoms. The number of aromatic hydroxyl groups is 1. The second-order valence-corrected chi connectivity index (χ2v) is 19.7. The summed E-state index contributed by atoms with van der Waals surface area (Å²) in [4.78, 5) is 21.5. The first-order valence-corrected chi connectivity index (χ1v) is 16.5. The van der Waals surface area contributed by atoms with Crippen molar-refractivity contribution in [1.29, 1.82) is 0 Å². The van der Waals surface area contributed by atoms with E-state index in [4.69, 9.17) is 4.52 Å². The Morgan fingerprint density at radius 1 is 0.600 bits per heavy atom. The van der Waals surface area contributed by atoms with Crippen molar-refractivity contribution in [3.63, 3.8) is 0 Å². The van der Waals surface area contributed by atoms with Crippen LogP contribution in [0.15, 0.2) is 34.1 Å². The Balaban J connectivity index is 0.00000800. The summed E-state index contributed by atoms with van der Waals surface area (Å²) in [5, 5.41) is 11.2. The van der Waals surface area contributed by atoms with E-state index >= 15 is 0 Å². The van der Waals surface area contributed by atoms with Crippen LogP contribution in [0.3, 0.4) is 0 Å². The Kier molecular flexibility index (Phi) is 11.8. The molecule has 40 heavy (non-hydrogen) atoms. The van der Waals surface area contributed by atoms with Crippen molar-refractivity contribution in [3.8, 4) is 11.5 Å². The van der Waals surface area contributed by atoms with Gasteiger partial charge in [-0.25, -0.2) is 4.57 Å². The van der Waals surface area contributed by atoms with E-state index in [-0.39, 0.29) is 50.2 Å². The van der Waals surface area contributed by atoms with E-state index in [0.29, 0.717) is 5.75 Å². The third-order valence-electron chi connectivity index (χ3n) is 6.32. The molecule has 0 amide bonds. The molecule has 0 aliphatic carbocycles. The summed E-state index contributed by atoms with van der Waals surface area (Å²) in [6.45, 7) is 29.2. The number of phenolic OH excluding ortho intramolecular Hbond substituents is 1. The zero-order valence-electron chi connectivity index (χ0n) is 26.2. The number of thioether (sulfide) groups is 2. The maximum absolute atomic E-state index is 11.9. The second kappa shape index (κ2) is 12.5. The predicted molar refractivity (Wildman–Crippen MR) is 175 cm³/mol. The van der Waals surface area contributed by atoms with Gasteiger partial charge in [-0.15, -0.1) is 23.5 Å². The Morgan fingerprint density at radius 3 is 1.12 bits per heavy atom. The number of phosphoric ester groups is 1. The summed E-state index contributed by atoms with van der Waals surface area (Å²) in [6, 6.07) is 8.22. The van der Waals surface area contributed by atoms with Gasteiger partial charge < -0.3 is 9.63 Å². The molecule has 0 aliphatic rings. The molecule has 0 heterocycles. The summed E-state index contributed by atoms with van der Waals surface area (Å²) < 4.78 is 17.0. The van der Waals surface area contributed by atoms with E-state index in [2.05, 4.69) is 67.5 Å². The molecule has 0 atom stereocenters. The molecule has 0 fully saturated rings. The van der Waals surface area contributed by atoms with Crippen LogP contribution in [-0.2, 0) is 26.2 Å². The van der Waals surface area contributed by atoms with E-state index in [1.165, 1.54) is 0 Å². The van der Waals surface area contributed by atoms with E-state index in [1.54, 1.807) is 23.5 Å². The third kappa shape index (κ3) is 10.3. The van der Waals surface area contributed by atoms with Crippen molar-refractivity contribution in [2.45, 2.75) is 132 Å². The van der Waals surface area contributed by atoms with Crippen LogP contribution >= 0.6 is 31.3 Å². The molecule has 2 rings (SSSR count). The van der Waals surface area contributed by atoms with Gasteiger partial charge in [-0.3, -0.25) is 9.79 Å². The van der Waals surface area contributed by atoms with Gasteiger partial charge in [0.15, 0.2) is 0 Å². The SMILES string of the molecule is CC(C)(Sc1cc(C(C)(C)C)c(O)c(C(C)(C)C)c1)Sc1cc(C(C)(C)C)c(OP(=O)(O)O)c(C(C)(C)C)c1.[NaH]. The van der Waals surface area contributed by atoms with Gasteiger partial charge in [-0.2, -0.15) is 0 Å². The monoisotopic (exact) mass is 620 g/mol. The number of phosphoric acid groups is 1. The van der Waals surface area contributed by atoms with Gasteiger partial charge >= 0.3 is 37.4 Å². The molecular weight excluding hydrogens is 570 g/mol. The average molecular weight is 621 g/mol. The molecule has 0 unspecified atom stereocenters. The van der Waals surface area contributed by atoms with Crippen LogP contribution in [-0.4, -0.2) is 48.5 Å². The van der Waals surface area contributed by atoms with Crippen LogP contribution < -0.4 is 4.52 Å². The topological polar surface area (TPSA) is 87.0 Å². The van der Waals surface area contributed by atoms with Gasteiger partial charge in [-0.1, -0.05) is 83.1 Å². The van der Waals surface area contributed by atoms with Crippen LogP contribution in [0.4, 0.5) is 0 Å². The number of phenols is 1. The Hall–Kier alpha value is -0.110. The van der Waals surface area contributed by atoms with Crippen LogP contribution in [0.25, 0.3) is 0 Å². The van der Waals surface area contributed by atoms with E-state index in [1.807, 2.05) is 53.7 Å². The Bertz CT molecular complexity index is 1190. The molecule has 0 radical (unpaired) electrons. The fraction of sp³-hybridized carbons (Fsp3) is 0.613. The zero-order chi connectivity index (χ0) is 30.6. The second-order valence-electron chi connectivity index (χ2n) is 14.9. The van der Waals surface area contributed by atoms with E-state index in [9.17, 15) is 19.5 Å². The van der Waals surface area contributed by atoms with Crippen LogP contribution in [0, 0.1) is 0 Å². The molecule has 0 spiro atoms. The predicted octanol–water partition coefficient (Wildman–Crippen LogP) is 9.03. The van der Waals surface area contributed by atoms with Crippen molar-refractivity contribution < 1.29 is 24.0 Å². The van der Waals surface area contributed by atoms with Gasteiger partial charge in [0, 0.05) is 32.0 Å². The standard InChI is InChI=1S/C31H49O5PS2.Na.H/c1-27(2,3)21-15-19(16-22(25(21)32)28(4,5)6)38-31(13,14)39-20-17-23(29(7,8)9)26(36-37(33,34)35)24(18-20)30(10,11)12;;/h15-18,32H,1-14H3,(H2,33,34,35);;. The molecule has 3 N–H and O–H groups in total. The minimum absolute atomic E-state index is 0. The molecule has 2 aromatic rings. The van der Waals surface area contributed by atoms with Crippen molar-refractivity contribution in [2.24, 2.45) is 0 Å². The fourth-order valence-electron chi connectivity index (χ4n) is 4.39. The average Bonchev–Trinajstić information content (AvgIpc) is 2.65. The zero-order valence-corrected chi connectivity index (χ0v) is 28.8. The van der Waals surface area contributed by atoms with E-state index < -0.39 is 18.7 Å². The van der Waals surface area contributed by atoms with Crippen molar-refractivity contribution in [1.82, 2.24) is 0 Å². The first-order chi connectivity index (χ1) is 17.1. The molecule has 5 nitrogen and oxygen atoms in total. The number of benzene rings is 2. The fourth-order valence-corrected chi connectivity index (χ4v) is 7.41. The van der Waals surface area contributed by atoms with Gasteiger partial charge in [-0.05, 0) is 59.8 Å². The van der Waals surface area contributed by atoms with Crippen LogP contribution in [0.5, 0.6) is 11.5 Å². The summed E-state index contributed by atoms with van der Waals surface area (Å²) in [7, 11) is -4.76. The van der Waals surface area contributed by atoms with Gasteiger partial charge in [0.25, 0.3) is 0 Å². The van der Waals surface area contributed by atoms with Crippen molar-refractivity contribution in [3.05, 3.63) is 46.5 Å². The molecule has 0 saturated heterocycles. The molecule has 0 saturated carbocycles. The summed E-state index contributed by atoms with van der Waals surface area (Å²) >= 11 is 3.46. The van der Waals surface area contributed by atoms with Crippen molar-refractivity contribution in [2.75, 3.05) is 0 Å². The Labute approximate surface area is 273 Å². The molecule has 9 heteroatoms. The number of hydrogen-bond donors (Lipinski definition) is 3. The molecule has 222 valence electrons. The first-order valence-electron chi connectivity index (χ1n) is 13.3. The Morgan fingerprint density at radius 2 is 0.875 bits per heavy atom. The van der Waals surface area contributed by atoms with Crippen LogP contribution in [0.1, 0.15) is 119 Å². The minimum atomic E-state index is -4.76. The first kappa shape index (κ1) is 37.9. The molecular formula is C31H50NaO5PS2. The summed E-state index contributed by atoms with van der Waals surface area (Å²) in [6.07, 6.45) is 0. The van der Waals surface area contributed by atoms with Crippen LogP contribution in [0.2, 0.25) is 0 Å². The van der Waals surface area contributed by atoms with Crippen molar-refractivity contribution >= 4 is 60.9 Å². The number of rotatable bonds is 6. The van der Waals surface area contributed by atoms with E-state index in [0.717, 1.165) is 32.0 Å². The number of hydrogen-bond acceptors (Lipinski definition) is 5. The molecule has 2 aromatic carbocycles. The molecule has 0 aliphatic heterocycles. The molecule has 0 aromatic heterocycles. The van der Waals surface area contributed by atoms with Gasteiger partial charge in [0.05, 0.1) is 4.08 Å². The maximum atomic E-state index is 11.9. The quantitative estimate of drug-likeness (QED) is 0.129. The van der Waals surface area contributed by atoms with Gasteiger partial charge in [0.1, 0.15) is 11.5 Å². The summed E-state index contributed by atoms with van der Waals surface area (Å²) in [5.74, 6) is 0.636.